The number of nitrogens with zero attached hydrogens (tertiary/aromatic N) is 1. The van der Waals surface area contributed by atoms with Gasteiger partial charge in [-0.1, -0.05) is 18.5 Å². The van der Waals surface area contributed by atoms with Gasteiger partial charge in [-0.25, -0.2) is 4.98 Å². The normalized spacial score (nSPS) is 9.31. The van der Waals surface area contributed by atoms with E-state index in [1.165, 1.54) is 0 Å². The van der Waals surface area contributed by atoms with E-state index in [2.05, 4.69) is 4.98 Å². The molecular formula is C10H14Cl3NOS. The molecule has 1 rings (SSSR count). The zero-order valence-corrected chi connectivity index (χ0v) is 12.3. The molecule has 0 amide bonds. The lowest BCUT2D eigenvalue weighted by atomic mass is 10.5. The van der Waals surface area contributed by atoms with E-state index < -0.39 is 0 Å². The maximum atomic E-state index is 5.89. The van der Waals surface area contributed by atoms with Crippen molar-refractivity contribution in [2.24, 2.45) is 0 Å². The highest BCUT2D eigenvalue weighted by Gasteiger charge is 2.03. The molecule has 1 heterocycles. The van der Waals surface area contributed by atoms with Gasteiger partial charge in [-0.3, -0.25) is 0 Å². The van der Waals surface area contributed by atoms with Crippen molar-refractivity contribution in [2.45, 2.75) is 18.4 Å². The molecule has 2 nitrogen and oxygen atoms in total. The Kier molecular flexibility index (Phi) is 10.4. The van der Waals surface area contributed by atoms with E-state index in [1.807, 2.05) is 25.3 Å². The van der Waals surface area contributed by atoms with Crippen LogP contribution in [0.2, 0.25) is 5.02 Å². The van der Waals surface area contributed by atoms with Gasteiger partial charge in [0.05, 0.1) is 17.0 Å². The zero-order chi connectivity index (χ0) is 12.4. The Labute approximate surface area is 116 Å². The van der Waals surface area contributed by atoms with Crippen LogP contribution in [0.25, 0.3) is 0 Å². The van der Waals surface area contributed by atoms with Crippen molar-refractivity contribution in [2.75, 3.05) is 18.2 Å². The summed E-state index contributed by atoms with van der Waals surface area (Å²) in [5, 5.41) is 1.70. The van der Waals surface area contributed by atoms with Crippen molar-refractivity contribution in [3.63, 3.8) is 0 Å². The molecule has 16 heavy (non-hydrogen) atoms. The molecule has 0 saturated carbocycles. The van der Waals surface area contributed by atoms with E-state index in [9.17, 15) is 0 Å². The molecule has 0 aliphatic rings. The fraction of sp³-hybridized carbons (Fsp3) is 0.500. The third-order valence-electron chi connectivity index (χ3n) is 1.44. The summed E-state index contributed by atoms with van der Waals surface area (Å²) in [6.45, 7) is 2.71. The van der Waals surface area contributed by atoms with Crippen LogP contribution in [0.3, 0.4) is 0 Å². The average molecular weight is 303 g/mol. The summed E-state index contributed by atoms with van der Waals surface area (Å²) in [7, 11) is 0. The highest BCUT2D eigenvalue weighted by molar-refractivity contribution is 7.98. The molecule has 0 saturated heterocycles. The molecule has 0 fully saturated rings. The van der Waals surface area contributed by atoms with Gasteiger partial charge in [-0.2, -0.15) is 0 Å². The van der Waals surface area contributed by atoms with Crippen LogP contribution in [0.15, 0.2) is 17.2 Å². The number of hydrogen-bond acceptors (Lipinski definition) is 3. The first kappa shape index (κ1) is 16.2. The number of ether oxygens (including phenoxy) is 1. The number of rotatable bonds is 4. The van der Waals surface area contributed by atoms with Gasteiger partial charge in [0.15, 0.2) is 0 Å². The standard InChI is InChI=1S/C9H12ClNOS.CH2Cl2/c1-3-6-12-9-7(10)4-5-8(11-9)13-2;2-1-3/h4-5H,3,6H2,1-2H3;1H2. The minimum absolute atomic E-state index is 0.194. The fourth-order valence-corrected chi connectivity index (χ4v) is 1.36. The van der Waals surface area contributed by atoms with Gasteiger partial charge < -0.3 is 4.74 Å². The van der Waals surface area contributed by atoms with Gasteiger partial charge in [-0.15, -0.1) is 35.0 Å². The minimum Gasteiger partial charge on any atom is -0.477 e. The SMILES string of the molecule is CCCOc1nc(SC)ccc1Cl.ClCCl. The molecule has 0 unspecified atom stereocenters. The van der Waals surface area contributed by atoms with Crippen LogP contribution < -0.4 is 4.74 Å². The summed E-state index contributed by atoms with van der Waals surface area (Å²) >= 11 is 17.0. The van der Waals surface area contributed by atoms with Crippen LogP contribution >= 0.6 is 46.6 Å². The number of aromatic nitrogens is 1. The summed E-state index contributed by atoms with van der Waals surface area (Å²) in [6, 6.07) is 3.69. The summed E-state index contributed by atoms with van der Waals surface area (Å²) < 4.78 is 5.37. The third-order valence-corrected chi connectivity index (χ3v) is 2.37. The van der Waals surface area contributed by atoms with Crippen LogP contribution in [0, 0.1) is 0 Å². The molecule has 1 aromatic rings. The molecule has 0 aliphatic heterocycles. The van der Waals surface area contributed by atoms with Crippen LogP contribution in [0.5, 0.6) is 5.88 Å². The second-order valence-corrected chi connectivity index (χ2v) is 4.63. The van der Waals surface area contributed by atoms with Crippen molar-refractivity contribution >= 4 is 46.6 Å². The summed E-state index contributed by atoms with van der Waals surface area (Å²) in [4.78, 5) is 4.24. The van der Waals surface area contributed by atoms with Crippen molar-refractivity contribution < 1.29 is 4.74 Å². The smallest absolute Gasteiger partial charge is 0.233 e. The van der Waals surface area contributed by atoms with E-state index >= 15 is 0 Å². The van der Waals surface area contributed by atoms with E-state index in [-0.39, 0.29) is 5.34 Å². The molecule has 92 valence electrons. The van der Waals surface area contributed by atoms with Crippen molar-refractivity contribution in [1.29, 1.82) is 0 Å². The van der Waals surface area contributed by atoms with Crippen molar-refractivity contribution in [3.05, 3.63) is 17.2 Å². The molecule has 0 aromatic carbocycles. The average Bonchev–Trinajstić information content (AvgIpc) is 2.29. The molecule has 0 aliphatic carbocycles. The van der Waals surface area contributed by atoms with Crippen molar-refractivity contribution in [1.82, 2.24) is 4.98 Å². The lowest BCUT2D eigenvalue weighted by molar-refractivity contribution is 0.303. The molecule has 0 atom stereocenters. The Balaban J connectivity index is 0.000000673. The molecule has 0 bridgehead atoms. The quantitative estimate of drug-likeness (QED) is 0.596. The monoisotopic (exact) mass is 301 g/mol. The first-order chi connectivity index (χ1) is 7.69. The van der Waals surface area contributed by atoms with Crippen LogP contribution in [-0.2, 0) is 0 Å². The van der Waals surface area contributed by atoms with Crippen LogP contribution in [0.4, 0.5) is 0 Å². The number of hydrogen-bond donors (Lipinski definition) is 0. The highest BCUT2D eigenvalue weighted by atomic mass is 35.5. The summed E-state index contributed by atoms with van der Waals surface area (Å²) in [5.74, 6) is 0.537. The van der Waals surface area contributed by atoms with Crippen LogP contribution in [0.1, 0.15) is 13.3 Å². The number of pyridine rings is 1. The molecule has 0 radical (unpaired) electrons. The van der Waals surface area contributed by atoms with Gasteiger partial charge in [-0.05, 0) is 24.8 Å². The zero-order valence-electron chi connectivity index (χ0n) is 9.17. The number of halogens is 3. The molecule has 1 aromatic heterocycles. The Morgan fingerprint density at radius 3 is 2.50 bits per heavy atom. The Morgan fingerprint density at radius 2 is 2.00 bits per heavy atom. The number of alkyl halides is 2. The topological polar surface area (TPSA) is 22.1 Å². The van der Waals surface area contributed by atoms with Crippen molar-refractivity contribution in [3.8, 4) is 5.88 Å². The Bertz CT molecular complexity index is 299. The minimum atomic E-state index is 0.194. The molecule has 0 spiro atoms. The van der Waals surface area contributed by atoms with Gasteiger partial charge in [0, 0.05) is 0 Å². The molecule has 6 heteroatoms. The maximum Gasteiger partial charge on any atom is 0.233 e. The fourth-order valence-electron chi connectivity index (χ4n) is 0.820. The van der Waals surface area contributed by atoms with Crippen LogP contribution in [-0.4, -0.2) is 23.2 Å². The summed E-state index contributed by atoms with van der Waals surface area (Å²) in [6.07, 6.45) is 2.93. The Hall–Kier alpha value is 0.170. The summed E-state index contributed by atoms with van der Waals surface area (Å²) in [5.41, 5.74) is 0. The highest BCUT2D eigenvalue weighted by Crippen LogP contribution is 2.25. The van der Waals surface area contributed by atoms with E-state index in [0.29, 0.717) is 17.5 Å². The van der Waals surface area contributed by atoms with Gasteiger partial charge in [0.1, 0.15) is 5.02 Å². The predicted molar refractivity (Wildman–Crippen MR) is 73.4 cm³/mol. The van der Waals surface area contributed by atoms with E-state index in [1.54, 1.807) is 11.8 Å². The molecular weight excluding hydrogens is 289 g/mol. The lowest BCUT2D eigenvalue weighted by Gasteiger charge is -2.06. The second-order valence-electron chi connectivity index (χ2n) is 2.59. The first-order valence-corrected chi connectivity index (χ1v) is 7.32. The Morgan fingerprint density at radius 1 is 1.38 bits per heavy atom. The maximum absolute atomic E-state index is 5.89. The lowest BCUT2D eigenvalue weighted by Crippen LogP contribution is -1.98. The number of thioether (sulfide) groups is 1. The second kappa shape index (κ2) is 10.3. The largest absolute Gasteiger partial charge is 0.477 e. The van der Waals surface area contributed by atoms with E-state index in [0.717, 1.165) is 11.4 Å². The van der Waals surface area contributed by atoms with Gasteiger partial charge in [0.25, 0.3) is 0 Å². The third kappa shape index (κ3) is 6.69. The van der Waals surface area contributed by atoms with E-state index in [4.69, 9.17) is 39.5 Å². The predicted octanol–water partition coefficient (Wildman–Crippen LogP) is 4.67. The van der Waals surface area contributed by atoms with Gasteiger partial charge >= 0.3 is 0 Å². The first-order valence-electron chi connectivity index (χ1n) is 4.64. The molecule has 0 N–H and O–H groups in total. The van der Waals surface area contributed by atoms with Gasteiger partial charge in [0.2, 0.25) is 5.88 Å².